The summed E-state index contributed by atoms with van der Waals surface area (Å²) < 4.78 is 0. The molecule has 4 nitrogen and oxygen atoms in total. The van der Waals surface area contributed by atoms with Gasteiger partial charge in [0, 0.05) is 32.6 Å². The van der Waals surface area contributed by atoms with Gasteiger partial charge in [-0.1, -0.05) is 42.5 Å². The van der Waals surface area contributed by atoms with E-state index in [-0.39, 0.29) is 17.7 Å². The van der Waals surface area contributed by atoms with E-state index in [1.54, 1.807) is 0 Å². The molecule has 3 atom stereocenters. The highest BCUT2D eigenvalue weighted by molar-refractivity contribution is 5.89. The van der Waals surface area contributed by atoms with Crippen molar-refractivity contribution in [2.75, 3.05) is 19.6 Å². The number of likely N-dealkylation sites (tertiary alicyclic amines) is 2. The fourth-order valence-electron chi connectivity index (χ4n) is 4.35. The van der Waals surface area contributed by atoms with E-state index in [1.165, 1.54) is 0 Å². The number of rotatable bonds is 3. The SMILES string of the molecule is O=C1CC(C(=O)N2CC3CC=CCC3C2)CN1Cc1ccccc1. The standard InChI is InChI=1S/C20H24N2O2/c23-19-10-18(14-21(19)11-15-6-2-1-3-7-15)20(24)22-12-16-8-4-5-9-17(16)13-22/h1-7,16-18H,8-14H2. The Morgan fingerprint density at radius 1 is 1.00 bits per heavy atom. The number of fused-ring (bicyclic) bond motifs is 1. The minimum Gasteiger partial charge on any atom is -0.342 e. The topological polar surface area (TPSA) is 40.6 Å². The Morgan fingerprint density at radius 2 is 1.67 bits per heavy atom. The molecule has 0 saturated carbocycles. The highest BCUT2D eigenvalue weighted by Gasteiger charge is 2.41. The Bertz CT molecular complexity index is 639. The maximum Gasteiger partial charge on any atom is 0.228 e. The molecule has 126 valence electrons. The van der Waals surface area contributed by atoms with E-state index in [1.807, 2.05) is 40.1 Å². The molecule has 2 amide bonds. The van der Waals surface area contributed by atoms with Crippen LogP contribution >= 0.6 is 0 Å². The fourth-order valence-corrected chi connectivity index (χ4v) is 4.35. The van der Waals surface area contributed by atoms with Gasteiger partial charge < -0.3 is 9.80 Å². The smallest absolute Gasteiger partial charge is 0.228 e. The summed E-state index contributed by atoms with van der Waals surface area (Å²) in [7, 11) is 0. The van der Waals surface area contributed by atoms with Gasteiger partial charge in [0.05, 0.1) is 5.92 Å². The molecule has 3 aliphatic rings. The largest absolute Gasteiger partial charge is 0.342 e. The molecule has 0 bridgehead atoms. The predicted molar refractivity (Wildman–Crippen MR) is 91.9 cm³/mol. The first-order valence-electron chi connectivity index (χ1n) is 8.96. The van der Waals surface area contributed by atoms with E-state index in [0.29, 0.717) is 31.3 Å². The van der Waals surface area contributed by atoms with Gasteiger partial charge in [0.1, 0.15) is 0 Å². The van der Waals surface area contributed by atoms with Crippen LogP contribution in [0.2, 0.25) is 0 Å². The molecule has 4 rings (SSSR count). The van der Waals surface area contributed by atoms with Crippen molar-refractivity contribution < 1.29 is 9.59 Å². The van der Waals surface area contributed by atoms with Crippen LogP contribution in [0.5, 0.6) is 0 Å². The zero-order valence-corrected chi connectivity index (χ0v) is 13.9. The van der Waals surface area contributed by atoms with Gasteiger partial charge in [-0.2, -0.15) is 0 Å². The quantitative estimate of drug-likeness (QED) is 0.802. The average Bonchev–Trinajstić information content (AvgIpc) is 3.19. The Morgan fingerprint density at radius 3 is 2.33 bits per heavy atom. The summed E-state index contributed by atoms with van der Waals surface area (Å²) in [6, 6.07) is 10.0. The first-order chi connectivity index (χ1) is 11.7. The summed E-state index contributed by atoms with van der Waals surface area (Å²) in [5.74, 6) is 1.38. The molecule has 3 unspecified atom stereocenters. The van der Waals surface area contributed by atoms with Crippen LogP contribution in [0.25, 0.3) is 0 Å². The molecule has 2 aliphatic heterocycles. The number of carbonyl (C=O) groups is 2. The summed E-state index contributed by atoms with van der Waals surface area (Å²) in [6.45, 7) is 2.92. The van der Waals surface area contributed by atoms with Crippen molar-refractivity contribution in [1.82, 2.24) is 9.80 Å². The minimum absolute atomic E-state index is 0.107. The van der Waals surface area contributed by atoms with Crippen LogP contribution in [0.3, 0.4) is 0 Å². The van der Waals surface area contributed by atoms with Crippen LogP contribution < -0.4 is 0 Å². The van der Waals surface area contributed by atoms with Gasteiger partial charge in [0.2, 0.25) is 11.8 Å². The molecule has 0 N–H and O–H groups in total. The van der Waals surface area contributed by atoms with Crippen molar-refractivity contribution in [1.29, 1.82) is 0 Å². The van der Waals surface area contributed by atoms with Crippen LogP contribution in [0.4, 0.5) is 0 Å². The van der Waals surface area contributed by atoms with E-state index in [4.69, 9.17) is 0 Å². The summed E-state index contributed by atoms with van der Waals surface area (Å²) >= 11 is 0. The zero-order chi connectivity index (χ0) is 16.5. The summed E-state index contributed by atoms with van der Waals surface area (Å²) in [5, 5.41) is 0. The summed E-state index contributed by atoms with van der Waals surface area (Å²) in [5.41, 5.74) is 1.12. The second kappa shape index (κ2) is 6.42. The second-order valence-electron chi connectivity index (χ2n) is 7.37. The van der Waals surface area contributed by atoms with Gasteiger partial charge in [-0.05, 0) is 30.2 Å². The fraction of sp³-hybridized carbons (Fsp3) is 0.500. The molecule has 2 saturated heterocycles. The Kier molecular flexibility index (Phi) is 4.13. The maximum absolute atomic E-state index is 12.9. The molecule has 4 heteroatoms. The molecule has 24 heavy (non-hydrogen) atoms. The second-order valence-corrected chi connectivity index (χ2v) is 7.37. The third kappa shape index (κ3) is 2.97. The van der Waals surface area contributed by atoms with Crippen molar-refractivity contribution in [2.24, 2.45) is 17.8 Å². The van der Waals surface area contributed by atoms with E-state index < -0.39 is 0 Å². The molecular weight excluding hydrogens is 300 g/mol. The summed E-state index contributed by atoms with van der Waals surface area (Å²) in [4.78, 5) is 29.0. The first-order valence-corrected chi connectivity index (χ1v) is 8.96. The number of carbonyl (C=O) groups excluding carboxylic acids is 2. The van der Waals surface area contributed by atoms with Crippen LogP contribution in [0, 0.1) is 17.8 Å². The predicted octanol–water partition coefficient (Wildman–Crippen LogP) is 2.46. The van der Waals surface area contributed by atoms with Gasteiger partial charge in [0.25, 0.3) is 0 Å². The zero-order valence-electron chi connectivity index (χ0n) is 13.9. The molecule has 2 heterocycles. The normalized spacial score (nSPS) is 29.2. The number of benzene rings is 1. The van der Waals surface area contributed by atoms with Crippen molar-refractivity contribution in [3.8, 4) is 0 Å². The highest BCUT2D eigenvalue weighted by Crippen LogP contribution is 2.34. The lowest BCUT2D eigenvalue weighted by molar-refractivity contribution is -0.135. The molecule has 0 aromatic heterocycles. The van der Waals surface area contributed by atoms with Gasteiger partial charge in [0.15, 0.2) is 0 Å². The van der Waals surface area contributed by atoms with Crippen molar-refractivity contribution in [2.45, 2.75) is 25.8 Å². The van der Waals surface area contributed by atoms with E-state index in [0.717, 1.165) is 31.5 Å². The Hall–Kier alpha value is -2.10. The highest BCUT2D eigenvalue weighted by atomic mass is 16.2. The Labute approximate surface area is 143 Å². The van der Waals surface area contributed by atoms with Crippen molar-refractivity contribution >= 4 is 11.8 Å². The maximum atomic E-state index is 12.9. The molecule has 2 fully saturated rings. The van der Waals surface area contributed by atoms with Gasteiger partial charge in [-0.3, -0.25) is 9.59 Å². The van der Waals surface area contributed by atoms with E-state index in [9.17, 15) is 9.59 Å². The molecule has 0 spiro atoms. The molecular formula is C20H24N2O2. The third-order valence-electron chi connectivity index (χ3n) is 5.71. The monoisotopic (exact) mass is 324 g/mol. The minimum atomic E-state index is -0.158. The van der Waals surface area contributed by atoms with Gasteiger partial charge in [-0.25, -0.2) is 0 Å². The van der Waals surface area contributed by atoms with Crippen LogP contribution in [0.15, 0.2) is 42.5 Å². The van der Waals surface area contributed by atoms with Crippen LogP contribution in [-0.2, 0) is 16.1 Å². The summed E-state index contributed by atoms with van der Waals surface area (Å²) in [6.07, 6.45) is 7.05. The van der Waals surface area contributed by atoms with Crippen molar-refractivity contribution in [3.05, 3.63) is 48.0 Å². The number of hydrogen-bond donors (Lipinski definition) is 0. The molecule has 1 aromatic rings. The number of hydrogen-bond acceptors (Lipinski definition) is 2. The number of allylic oxidation sites excluding steroid dienone is 2. The number of amides is 2. The molecule has 0 radical (unpaired) electrons. The first kappa shape index (κ1) is 15.4. The molecule has 1 aliphatic carbocycles. The van der Waals surface area contributed by atoms with Crippen molar-refractivity contribution in [3.63, 3.8) is 0 Å². The van der Waals surface area contributed by atoms with Gasteiger partial charge >= 0.3 is 0 Å². The lowest BCUT2D eigenvalue weighted by atomic mass is 9.86. The lowest BCUT2D eigenvalue weighted by Gasteiger charge is -2.21. The lowest BCUT2D eigenvalue weighted by Crippen LogP contribution is -2.36. The molecule has 1 aromatic carbocycles. The average molecular weight is 324 g/mol. The Balaban J connectivity index is 1.37. The number of nitrogens with zero attached hydrogens (tertiary/aromatic N) is 2. The van der Waals surface area contributed by atoms with Crippen LogP contribution in [0.1, 0.15) is 24.8 Å². The van der Waals surface area contributed by atoms with E-state index >= 15 is 0 Å². The van der Waals surface area contributed by atoms with E-state index in [2.05, 4.69) is 12.2 Å². The van der Waals surface area contributed by atoms with Crippen LogP contribution in [-0.4, -0.2) is 41.2 Å². The van der Waals surface area contributed by atoms with Gasteiger partial charge in [-0.15, -0.1) is 0 Å². The third-order valence-corrected chi connectivity index (χ3v) is 5.71.